The van der Waals surface area contributed by atoms with Gasteiger partial charge < -0.3 is 15.2 Å². The van der Waals surface area contributed by atoms with Crippen LogP contribution >= 0.6 is 22.6 Å². The van der Waals surface area contributed by atoms with Crippen molar-refractivity contribution in [3.8, 4) is 17.6 Å². The number of rotatable bonds is 4. The summed E-state index contributed by atoms with van der Waals surface area (Å²) in [7, 11) is 1.62. The summed E-state index contributed by atoms with van der Waals surface area (Å²) < 4.78 is 11.9. The van der Waals surface area contributed by atoms with Crippen LogP contribution in [0.25, 0.3) is 0 Å². The van der Waals surface area contributed by atoms with Gasteiger partial charge in [-0.2, -0.15) is 5.26 Å². The van der Waals surface area contributed by atoms with Gasteiger partial charge in [-0.25, -0.2) is 0 Å². The Morgan fingerprint density at radius 2 is 2.05 bits per heavy atom. The van der Waals surface area contributed by atoms with Gasteiger partial charge in [-0.3, -0.25) is 0 Å². The molecule has 0 aliphatic rings. The number of halogens is 1. The van der Waals surface area contributed by atoms with Crippen molar-refractivity contribution in [1.29, 1.82) is 5.26 Å². The molecule has 0 fully saturated rings. The van der Waals surface area contributed by atoms with Crippen molar-refractivity contribution in [3.63, 3.8) is 0 Å². The third-order valence-corrected chi connectivity index (χ3v) is 3.57. The largest absolute Gasteiger partial charge is 0.496 e. The number of benzene rings is 2. The van der Waals surface area contributed by atoms with Gasteiger partial charge in [0.2, 0.25) is 0 Å². The van der Waals surface area contributed by atoms with Crippen LogP contribution in [0.2, 0.25) is 0 Å². The van der Waals surface area contributed by atoms with E-state index in [4.69, 9.17) is 20.5 Å². The third-order valence-electron chi connectivity index (χ3n) is 2.77. The van der Waals surface area contributed by atoms with Gasteiger partial charge in [0, 0.05) is 5.56 Å². The molecule has 0 heterocycles. The highest BCUT2D eigenvalue weighted by Gasteiger charge is 2.10. The molecule has 20 heavy (non-hydrogen) atoms. The zero-order chi connectivity index (χ0) is 14.5. The molecule has 0 bridgehead atoms. The van der Waals surface area contributed by atoms with Crippen molar-refractivity contribution in [2.24, 2.45) is 0 Å². The Kier molecular flexibility index (Phi) is 4.69. The Hall–Kier alpha value is -1.94. The molecule has 0 saturated heterocycles. The van der Waals surface area contributed by atoms with Gasteiger partial charge in [0.25, 0.3) is 0 Å². The van der Waals surface area contributed by atoms with Crippen molar-refractivity contribution in [1.82, 2.24) is 0 Å². The molecule has 2 aromatic carbocycles. The van der Waals surface area contributed by atoms with Crippen LogP contribution in [-0.2, 0) is 6.61 Å². The molecule has 0 radical (unpaired) electrons. The Morgan fingerprint density at radius 1 is 1.30 bits per heavy atom. The molecular weight excluding hydrogens is 367 g/mol. The van der Waals surface area contributed by atoms with Gasteiger partial charge in [0.1, 0.15) is 12.4 Å². The summed E-state index contributed by atoms with van der Waals surface area (Å²) in [5.74, 6) is 1.37. The van der Waals surface area contributed by atoms with E-state index in [1.54, 1.807) is 19.2 Å². The molecule has 2 rings (SSSR count). The third kappa shape index (κ3) is 3.14. The highest BCUT2D eigenvalue weighted by molar-refractivity contribution is 14.1. The highest BCUT2D eigenvalue weighted by Crippen LogP contribution is 2.31. The minimum Gasteiger partial charge on any atom is -0.496 e. The zero-order valence-electron chi connectivity index (χ0n) is 10.9. The van der Waals surface area contributed by atoms with E-state index in [1.807, 2.05) is 24.3 Å². The number of nitrogen functional groups attached to an aromatic ring is 1. The number of nitrogens with zero attached hydrogens (tertiary/aromatic N) is 1. The SMILES string of the molecule is COc1ccccc1COc1c(N)cc(C#N)cc1I. The summed E-state index contributed by atoms with van der Waals surface area (Å²) in [5, 5.41) is 8.89. The van der Waals surface area contributed by atoms with Crippen molar-refractivity contribution < 1.29 is 9.47 Å². The van der Waals surface area contributed by atoms with Gasteiger partial charge in [0.05, 0.1) is 28.0 Å². The lowest BCUT2D eigenvalue weighted by atomic mass is 10.2. The second-order valence-electron chi connectivity index (χ2n) is 4.09. The fourth-order valence-corrected chi connectivity index (χ4v) is 2.61. The molecule has 102 valence electrons. The number of anilines is 1. The van der Waals surface area contributed by atoms with Crippen LogP contribution in [0.3, 0.4) is 0 Å². The summed E-state index contributed by atoms with van der Waals surface area (Å²) in [6, 6.07) is 13.1. The smallest absolute Gasteiger partial charge is 0.156 e. The summed E-state index contributed by atoms with van der Waals surface area (Å²) in [4.78, 5) is 0. The van der Waals surface area contributed by atoms with Gasteiger partial charge in [0.15, 0.2) is 5.75 Å². The first-order valence-corrected chi connectivity index (χ1v) is 6.97. The lowest BCUT2D eigenvalue weighted by Crippen LogP contribution is -2.02. The molecule has 0 atom stereocenters. The number of para-hydroxylation sites is 1. The minimum atomic E-state index is 0.357. The summed E-state index contributed by atoms with van der Waals surface area (Å²) >= 11 is 2.11. The van der Waals surface area contributed by atoms with E-state index in [-0.39, 0.29) is 0 Å². The van der Waals surface area contributed by atoms with Crippen LogP contribution < -0.4 is 15.2 Å². The van der Waals surface area contributed by atoms with Crippen molar-refractivity contribution >= 4 is 28.3 Å². The number of hydrogen-bond donors (Lipinski definition) is 1. The average molecular weight is 380 g/mol. The molecule has 2 aromatic rings. The predicted molar refractivity (Wildman–Crippen MR) is 85.6 cm³/mol. The Labute approximate surface area is 131 Å². The van der Waals surface area contributed by atoms with Gasteiger partial charge in [-0.05, 0) is 40.8 Å². The maximum Gasteiger partial charge on any atom is 0.156 e. The average Bonchev–Trinajstić information content (AvgIpc) is 2.46. The van der Waals surface area contributed by atoms with E-state index in [1.165, 1.54) is 0 Å². The number of nitrogens with two attached hydrogens (primary N) is 1. The Bertz CT molecular complexity index is 642. The molecule has 0 unspecified atom stereocenters. The molecular formula is C15H13IN2O2. The van der Waals surface area contributed by atoms with Gasteiger partial charge >= 0.3 is 0 Å². The van der Waals surface area contributed by atoms with Crippen LogP contribution in [0.15, 0.2) is 36.4 Å². The normalized spacial score (nSPS) is 9.85. The fraction of sp³-hybridized carbons (Fsp3) is 0.133. The van der Waals surface area contributed by atoms with Crippen LogP contribution in [0.1, 0.15) is 11.1 Å². The molecule has 5 heteroatoms. The topological polar surface area (TPSA) is 68.3 Å². The minimum absolute atomic E-state index is 0.357. The van der Waals surface area contributed by atoms with Crippen molar-refractivity contribution in [2.45, 2.75) is 6.61 Å². The molecule has 2 N–H and O–H groups in total. The van der Waals surface area contributed by atoms with Gasteiger partial charge in [-0.15, -0.1) is 0 Å². The molecule has 0 aromatic heterocycles. The summed E-state index contributed by atoms with van der Waals surface area (Å²) in [6.45, 7) is 0.357. The molecule has 0 aliphatic carbocycles. The lowest BCUT2D eigenvalue weighted by molar-refractivity contribution is 0.296. The number of hydrogen-bond acceptors (Lipinski definition) is 4. The number of ether oxygens (including phenoxy) is 2. The maximum absolute atomic E-state index is 8.89. The van der Waals surface area contributed by atoms with E-state index in [9.17, 15) is 0 Å². The van der Waals surface area contributed by atoms with Crippen LogP contribution in [0.5, 0.6) is 11.5 Å². The first kappa shape index (κ1) is 14.5. The van der Waals surface area contributed by atoms with Gasteiger partial charge in [-0.1, -0.05) is 18.2 Å². The standard InChI is InChI=1S/C15H13IN2O2/c1-19-14-5-3-2-4-11(14)9-20-15-12(16)6-10(8-17)7-13(15)18/h2-7H,9,18H2,1H3. The van der Waals surface area contributed by atoms with Crippen molar-refractivity contribution in [2.75, 3.05) is 12.8 Å². The van der Waals surface area contributed by atoms with Crippen LogP contribution in [0.4, 0.5) is 5.69 Å². The van der Waals surface area contributed by atoms with E-state index < -0.39 is 0 Å². The number of nitriles is 1. The summed E-state index contributed by atoms with van der Waals surface area (Å²) in [6.07, 6.45) is 0. The summed E-state index contributed by atoms with van der Waals surface area (Å²) in [5.41, 5.74) is 7.85. The van der Waals surface area contributed by atoms with E-state index in [0.717, 1.165) is 14.9 Å². The molecule has 0 amide bonds. The lowest BCUT2D eigenvalue weighted by Gasteiger charge is -2.13. The monoisotopic (exact) mass is 380 g/mol. The Morgan fingerprint density at radius 3 is 2.70 bits per heavy atom. The highest BCUT2D eigenvalue weighted by atomic mass is 127. The van der Waals surface area contributed by atoms with Crippen LogP contribution in [0, 0.1) is 14.9 Å². The predicted octanol–water partition coefficient (Wildman–Crippen LogP) is 3.33. The van der Waals surface area contributed by atoms with E-state index >= 15 is 0 Å². The Balaban J connectivity index is 2.22. The first-order valence-electron chi connectivity index (χ1n) is 5.89. The molecule has 0 spiro atoms. The second kappa shape index (κ2) is 6.48. The van der Waals surface area contributed by atoms with E-state index in [2.05, 4.69) is 28.7 Å². The first-order chi connectivity index (χ1) is 9.65. The maximum atomic E-state index is 8.89. The fourth-order valence-electron chi connectivity index (χ4n) is 1.80. The van der Waals surface area contributed by atoms with Crippen LogP contribution in [-0.4, -0.2) is 7.11 Å². The van der Waals surface area contributed by atoms with E-state index in [0.29, 0.717) is 23.6 Å². The second-order valence-corrected chi connectivity index (χ2v) is 5.25. The molecule has 0 saturated carbocycles. The zero-order valence-corrected chi connectivity index (χ0v) is 13.0. The number of methoxy groups -OCH3 is 1. The molecule has 4 nitrogen and oxygen atoms in total. The quantitative estimate of drug-likeness (QED) is 0.653. The van der Waals surface area contributed by atoms with Crippen molar-refractivity contribution in [3.05, 3.63) is 51.1 Å². The molecule has 0 aliphatic heterocycles.